The van der Waals surface area contributed by atoms with Crippen molar-refractivity contribution in [3.8, 4) is 0 Å². The highest BCUT2D eigenvalue weighted by atomic mass is 32.2. The Kier molecular flexibility index (Phi) is 2.16. The summed E-state index contributed by atoms with van der Waals surface area (Å²) in [6.07, 6.45) is 2.91. The molecular formula is C6H8O2S. The van der Waals surface area contributed by atoms with Crippen molar-refractivity contribution < 1.29 is 9.53 Å². The molecule has 1 aliphatic heterocycles. The molecule has 3 heteroatoms. The second-order valence-electron chi connectivity index (χ2n) is 1.70. The van der Waals surface area contributed by atoms with Gasteiger partial charge in [-0.25, -0.2) is 4.79 Å². The molecule has 1 aliphatic rings. The van der Waals surface area contributed by atoms with Crippen LogP contribution in [0.1, 0.15) is 6.42 Å². The van der Waals surface area contributed by atoms with E-state index in [2.05, 4.69) is 4.74 Å². The lowest BCUT2D eigenvalue weighted by atomic mass is 10.4. The number of methoxy groups -OCH3 is 1. The van der Waals surface area contributed by atoms with E-state index in [1.807, 2.05) is 6.08 Å². The first-order valence-corrected chi connectivity index (χ1v) is 3.74. The van der Waals surface area contributed by atoms with Crippen LogP contribution in [0.25, 0.3) is 0 Å². The van der Waals surface area contributed by atoms with Crippen molar-refractivity contribution in [3.63, 3.8) is 0 Å². The molecule has 0 unspecified atom stereocenters. The number of esters is 1. The lowest BCUT2D eigenvalue weighted by Crippen LogP contribution is -1.99. The molecule has 0 aromatic rings. The SMILES string of the molecule is COC(=O)C1=CCCS1. The third kappa shape index (κ3) is 1.48. The quantitative estimate of drug-likeness (QED) is 0.517. The van der Waals surface area contributed by atoms with Crippen LogP contribution in [0.3, 0.4) is 0 Å². The van der Waals surface area contributed by atoms with Gasteiger partial charge >= 0.3 is 5.97 Å². The molecule has 0 saturated heterocycles. The Morgan fingerprint density at radius 3 is 3.11 bits per heavy atom. The fourth-order valence-corrected chi connectivity index (χ4v) is 1.55. The zero-order valence-corrected chi connectivity index (χ0v) is 6.03. The van der Waals surface area contributed by atoms with Gasteiger partial charge in [0.1, 0.15) is 0 Å². The molecule has 0 N–H and O–H groups in total. The molecule has 0 atom stereocenters. The van der Waals surface area contributed by atoms with Crippen LogP contribution in [0, 0.1) is 0 Å². The van der Waals surface area contributed by atoms with E-state index in [1.54, 1.807) is 11.8 Å². The Bertz CT molecular complexity index is 151. The fraction of sp³-hybridized carbons (Fsp3) is 0.500. The van der Waals surface area contributed by atoms with Crippen molar-refractivity contribution >= 4 is 17.7 Å². The van der Waals surface area contributed by atoms with E-state index in [4.69, 9.17) is 0 Å². The largest absolute Gasteiger partial charge is 0.465 e. The number of carbonyl (C=O) groups is 1. The molecule has 0 spiro atoms. The second kappa shape index (κ2) is 2.92. The van der Waals surface area contributed by atoms with Crippen LogP contribution in [0.4, 0.5) is 0 Å². The second-order valence-corrected chi connectivity index (χ2v) is 2.83. The van der Waals surface area contributed by atoms with Gasteiger partial charge in [-0.15, -0.1) is 11.8 Å². The maximum absolute atomic E-state index is 10.7. The Morgan fingerprint density at radius 2 is 2.67 bits per heavy atom. The molecule has 0 saturated carbocycles. The van der Waals surface area contributed by atoms with Gasteiger partial charge < -0.3 is 4.74 Å². The normalized spacial score (nSPS) is 17.2. The number of allylic oxidation sites excluding steroid dienone is 1. The van der Waals surface area contributed by atoms with Crippen LogP contribution in [0.5, 0.6) is 0 Å². The lowest BCUT2D eigenvalue weighted by Gasteiger charge is -1.95. The van der Waals surface area contributed by atoms with Gasteiger partial charge in [-0.3, -0.25) is 0 Å². The van der Waals surface area contributed by atoms with E-state index in [-0.39, 0.29) is 5.97 Å². The number of hydrogen-bond acceptors (Lipinski definition) is 3. The van der Waals surface area contributed by atoms with Crippen LogP contribution in [0.15, 0.2) is 11.0 Å². The molecule has 50 valence electrons. The van der Waals surface area contributed by atoms with Gasteiger partial charge in [0, 0.05) is 5.75 Å². The van der Waals surface area contributed by atoms with Crippen molar-refractivity contribution in [1.82, 2.24) is 0 Å². The summed E-state index contributed by atoms with van der Waals surface area (Å²) in [5.74, 6) is 0.822. The number of hydrogen-bond donors (Lipinski definition) is 0. The van der Waals surface area contributed by atoms with Crippen molar-refractivity contribution in [2.24, 2.45) is 0 Å². The summed E-state index contributed by atoms with van der Waals surface area (Å²) in [7, 11) is 1.40. The number of carbonyl (C=O) groups excluding carboxylic acids is 1. The summed E-state index contributed by atoms with van der Waals surface area (Å²) in [4.78, 5) is 11.5. The molecular weight excluding hydrogens is 136 g/mol. The zero-order valence-electron chi connectivity index (χ0n) is 5.22. The van der Waals surface area contributed by atoms with E-state index in [0.717, 1.165) is 17.1 Å². The van der Waals surface area contributed by atoms with Gasteiger partial charge in [-0.05, 0) is 6.42 Å². The topological polar surface area (TPSA) is 26.3 Å². The third-order valence-corrected chi connectivity index (χ3v) is 2.18. The number of thioether (sulfide) groups is 1. The minimum Gasteiger partial charge on any atom is -0.465 e. The average molecular weight is 144 g/mol. The summed E-state index contributed by atoms with van der Waals surface area (Å²) < 4.78 is 4.51. The molecule has 1 rings (SSSR count). The van der Waals surface area contributed by atoms with Gasteiger partial charge in [-0.1, -0.05) is 6.08 Å². The van der Waals surface area contributed by atoms with Crippen molar-refractivity contribution in [1.29, 1.82) is 0 Å². The molecule has 0 amide bonds. The monoisotopic (exact) mass is 144 g/mol. The van der Waals surface area contributed by atoms with Crippen LogP contribution < -0.4 is 0 Å². The zero-order chi connectivity index (χ0) is 6.69. The molecule has 0 aromatic carbocycles. The molecule has 0 fully saturated rings. The average Bonchev–Trinajstić information content (AvgIpc) is 2.37. The Morgan fingerprint density at radius 1 is 1.89 bits per heavy atom. The summed E-state index contributed by atoms with van der Waals surface area (Å²) in [5, 5.41) is 0. The molecule has 1 heterocycles. The maximum atomic E-state index is 10.7. The predicted molar refractivity (Wildman–Crippen MR) is 37.2 cm³/mol. The van der Waals surface area contributed by atoms with Crippen LogP contribution in [-0.2, 0) is 9.53 Å². The minimum absolute atomic E-state index is 0.197. The molecule has 0 aromatic heterocycles. The van der Waals surface area contributed by atoms with Crippen LogP contribution in [-0.4, -0.2) is 18.8 Å². The van der Waals surface area contributed by atoms with E-state index in [1.165, 1.54) is 7.11 Å². The molecule has 0 aliphatic carbocycles. The first-order valence-electron chi connectivity index (χ1n) is 2.76. The minimum atomic E-state index is -0.197. The Labute approximate surface area is 58.3 Å². The molecule has 9 heavy (non-hydrogen) atoms. The maximum Gasteiger partial charge on any atom is 0.343 e. The lowest BCUT2D eigenvalue weighted by molar-refractivity contribution is -0.135. The van der Waals surface area contributed by atoms with Crippen LogP contribution >= 0.6 is 11.8 Å². The Hall–Kier alpha value is -0.440. The van der Waals surface area contributed by atoms with E-state index < -0.39 is 0 Å². The highest BCUT2D eigenvalue weighted by Gasteiger charge is 2.13. The van der Waals surface area contributed by atoms with Crippen molar-refractivity contribution in [2.45, 2.75) is 6.42 Å². The van der Waals surface area contributed by atoms with E-state index in [9.17, 15) is 4.79 Å². The Balaban J connectivity index is 2.51. The number of rotatable bonds is 1. The highest BCUT2D eigenvalue weighted by molar-refractivity contribution is 8.04. The van der Waals surface area contributed by atoms with Gasteiger partial charge in [0.05, 0.1) is 12.0 Å². The first-order chi connectivity index (χ1) is 4.34. The first kappa shape index (κ1) is 6.68. The van der Waals surface area contributed by atoms with E-state index >= 15 is 0 Å². The highest BCUT2D eigenvalue weighted by Crippen LogP contribution is 2.24. The van der Waals surface area contributed by atoms with Gasteiger partial charge in [0.25, 0.3) is 0 Å². The van der Waals surface area contributed by atoms with Gasteiger partial charge in [0.15, 0.2) is 0 Å². The standard InChI is InChI=1S/C6H8O2S/c1-8-6(7)5-3-2-4-9-5/h3H,2,4H2,1H3. The number of ether oxygens (including phenoxy) is 1. The summed E-state index contributed by atoms with van der Waals surface area (Å²) >= 11 is 1.56. The summed E-state index contributed by atoms with van der Waals surface area (Å²) in [5.41, 5.74) is 0. The van der Waals surface area contributed by atoms with Crippen molar-refractivity contribution in [3.05, 3.63) is 11.0 Å². The molecule has 0 bridgehead atoms. The third-order valence-electron chi connectivity index (χ3n) is 1.09. The summed E-state index contributed by atoms with van der Waals surface area (Å²) in [6, 6.07) is 0. The van der Waals surface area contributed by atoms with Gasteiger partial charge in [-0.2, -0.15) is 0 Å². The molecule has 0 radical (unpaired) electrons. The smallest absolute Gasteiger partial charge is 0.343 e. The van der Waals surface area contributed by atoms with Gasteiger partial charge in [0.2, 0.25) is 0 Å². The molecule has 2 nitrogen and oxygen atoms in total. The van der Waals surface area contributed by atoms with E-state index in [0.29, 0.717) is 0 Å². The fourth-order valence-electron chi connectivity index (χ4n) is 0.661. The van der Waals surface area contributed by atoms with Crippen LogP contribution in [0.2, 0.25) is 0 Å². The predicted octanol–water partition coefficient (Wildman–Crippen LogP) is 1.18. The summed E-state index contributed by atoms with van der Waals surface area (Å²) in [6.45, 7) is 0. The van der Waals surface area contributed by atoms with Crippen molar-refractivity contribution in [2.75, 3.05) is 12.9 Å².